The molecule has 4 heteroatoms. The largest absolute Gasteiger partial charge is 0.314 e. The maximum Gasteiger partial charge on any atom is 0.0965 e. The third-order valence-corrected chi connectivity index (χ3v) is 5.93. The van der Waals surface area contributed by atoms with Crippen LogP contribution in [0, 0.1) is 0 Å². The molecule has 2 fully saturated rings. The van der Waals surface area contributed by atoms with E-state index in [4.69, 9.17) is 0 Å². The second kappa shape index (κ2) is 6.54. The average Bonchev–Trinajstić information content (AvgIpc) is 3.04. The minimum Gasteiger partial charge on any atom is -0.314 e. The van der Waals surface area contributed by atoms with Crippen LogP contribution in [0.1, 0.15) is 56.9 Å². The number of aromatic nitrogens is 1. The molecule has 20 heavy (non-hydrogen) atoms. The normalized spacial score (nSPS) is 31.6. The first-order valence-corrected chi connectivity index (χ1v) is 9.04. The van der Waals surface area contributed by atoms with Gasteiger partial charge in [-0.2, -0.15) is 0 Å². The molecule has 3 nitrogen and oxygen atoms in total. The van der Waals surface area contributed by atoms with Crippen LogP contribution in [0.4, 0.5) is 0 Å². The maximum absolute atomic E-state index is 4.49. The lowest BCUT2D eigenvalue weighted by Crippen LogP contribution is -2.50. The molecule has 0 saturated carbocycles. The molecule has 1 N–H and O–H groups in total. The van der Waals surface area contributed by atoms with Crippen molar-refractivity contribution < 1.29 is 0 Å². The molecule has 0 aromatic carbocycles. The summed E-state index contributed by atoms with van der Waals surface area (Å²) in [6.45, 7) is 6.97. The second-order valence-corrected chi connectivity index (χ2v) is 7.40. The van der Waals surface area contributed by atoms with Crippen LogP contribution in [0.5, 0.6) is 0 Å². The molecule has 1 aromatic heterocycles. The van der Waals surface area contributed by atoms with Crippen LogP contribution in [0.2, 0.25) is 0 Å². The Morgan fingerprint density at radius 3 is 2.75 bits per heavy atom. The summed E-state index contributed by atoms with van der Waals surface area (Å²) in [5, 5.41) is 7.14. The summed E-state index contributed by atoms with van der Waals surface area (Å²) in [7, 11) is 0. The monoisotopic (exact) mass is 293 g/mol. The van der Waals surface area contributed by atoms with Crippen molar-refractivity contribution in [1.29, 1.82) is 0 Å². The van der Waals surface area contributed by atoms with Gasteiger partial charge in [0.1, 0.15) is 0 Å². The van der Waals surface area contributed by atoms with E-state index < -0.39 is 0 Å². The lowest BCUT2D eigenvalue weighted by atomic mass is 9.96. The number of rotatable bonds is 6. The third-order valence-electron chi connectivity index (χ3n) is 4.93. The molecule has 2 saturated heterocycles. The highest BCUT2D eigenvalue weighted by Crippen LogP contribution is 2.37. The van der Waals surface area contributed by atoms with Crippen molar-refractivity contribution in [3.05, 3.63) is 16.6 Å². The number of hydrogen-bond acceptors (Lipinski definition) is 4. The van der Waals surface area contributed by atoms with Crippen molar-refractivity contribution in [3.63, 3.8) is 0 Å². The van der Waals surface area contributed by atoms with E-state index in [2.05, 4.69) is 34.4 Å². The zero-order chi connectivity index (χ0) is 13.9. The van der Waals surface area contributed by atoms with E-state index in [1.807, 2.05) is 6.20 Å². The molecule has 0 aliphatic carbocycles. The van der Waals surface area contributed by atoms with E-state index in [0.29, 0.717) is 5.92 Å². The van der Waals surface area contributed by atoms with Gasteiger partial charge in [-0.05, 0) is 38.6 Å². The Kier molecular flexibility index (Phi) is 4.74. The highest BCUT2D eigenvalue weighted by atomic mass is 32.1. The molecule has 2 bridgehead atoms. The van der Waals surface area contributed by atoms with Crippen LogP contribution in [0.3, 0.4) is 0 Å². The molecule has 1 aromatic rings. The third kappa shape index (κ3) is 3.07. The Morgan fingerprint density at radius 2 is 2.15 bits per heavy atom. The summed E-state index contributed by atoms with van der Waals surface area (Å²) in [5.74, 6) is 0.582. The highest BCUT2D eigenvalue weighted by molar-refractivity contribution is 7.09. The number of nitrogens with zero attached hydrogens (tertiary/aromatic N) is 2. The molecule has 112 valence electrons. The zero-order valence-electron chi connectivity index (χ0n) is 12.7. The van der Waals surface area contributed by atoms with Gasteiger partial charge in [0, 0.05) is 42.2 Å². The minimum atomic E-state index is 0.582. The van der Waals surface area contributed by atoms with Crippen molar-refractivity contribution in [1.82, 2.24) is 15.2 Å². The fourth-order valence-electron chi connectivity index (χ4n) is 3.96. The Balaban J connectivity index is 1.57. The Bertz CT molecular complexity index is 392. The minimum absolute atomic E-state index is 0.582. The molecule has 0 spiro atoms. The fraction of sp³-hybridized carbons (Fsp3) is 0.812. The SMILES string of the molecule is CCCNC1CC2CCC(C1)N2CC(C)c1nccs1. The Hall–Kier alpha value is -0.450. The van der Waals surface area contributed by atoms with Crippen molar-refractivity contribution >= 4 is 11.3 Å². The van der Waals surface area contributed by atoms with Crippen molar-refractivity contribution in [2.75, 3.05) is 13.1 Å². The molecule has 0 radical (unpaired) electrons. The summed E-state index contributed by atoms with van der Waals surface area (Å²) < 4.78 is 0. The molecule has 0 amide bonds. The van der Waals surface area contributed by atoms with Crippen LogP contribution < -0.4 is 5.32 Å². The van der Waals surface area contributed by atoms with E-state index in [1.54, 1.807) is 11.3 Å². The fourth-order valence-corrected chi connectivity index (χ4v) is 4.65. The lowest BCUT2D eigenvalue weighted by Gasteiger charge is -2.40. The van der Waals surface area contributed by atoms with E-state index in [9.17, 15) is 0 Å². The number of nitrogens with one attached hydrogen (secondary N) is 1. The van der Waals surface area contributed by atoms with Gasteiger partial charge in [0.2, 0.25) is 0 Å². The lowest BCUT2D eigenvalue weighted by molar-refractivity contribution is 0.111. The summed E-state index contributed by atoms with van der Waals surface area (Å²) in [6, 6.07) is 2.38. The molecule has 2 aliphatic heterocycles. The van der Waals surface area contributed by atoms with Gasteiger partial charge in [0.25, 0.3) is 0 Å². The van der Waals surface area contributed by atoms with Gasteiger partial charge in [-0.3, -0.25) is 4.90 Å². The van der Waals surface area contributed by atoms with Crippen molar-refractivity contribution in [3.8, 4) is 0 Å². The quantitative estimate of drug-likeness (QED) is 0.873. The van der Waals surface area contributed by atoms with Gasteiger partial charge in [-0.15, -0.1) is 11.3 Å². The smallest absolute Gasteiger partial charge is 0.0965 e. The van der Waals surface area contributed by atoms with E-state index in [-0.39, 0.29) is 0 Å². The summed E-state index contributed by atoms with van der Waals surface area (Å²) in [4.78, 5) is 7.27. The van der Waals surface area contributed by atoms with Crippen molar-refractivity contribution in [2.24, 2.45) is 0 Å². The number of fused-ring (bicyclic) bond motifs is 2. The highest BCUT2D eigenvalue weighted by Gasteiger charge is 2.40. The predicted molar refractivity (Wildman–Crippen MR) is 85.4 cm³/mol. The van der Waals surface area contributed by atoms with Gasteiger partial charge in [0.05, 0.1) is 5.01 Å². The topological polar surface area (TPSA) is 28.2 Å². The molecule has 3 rings (SSSR count). The Morgan fingerprint density at radius 1 is 1.40 bits per heavy atom. The summed E-state index contributed by atoms with van der Waals surface area (Å²) in [5.41, 5.74) is 0. The number of thiazole rings is 1. The number of piperidine rings is 1. The molecule has 2 aliphatic rings. The first kappa shape index (κ1) is 14.5. The molecule has 3 heterocycles. The molecular formula is C16H27N3S. The predicted octanol–water partition coefficient (Wildman–Crippen LogP) is 3.24. The molecular weight excluding hydrogens is 266 g/mol. The van der Waals surface area contributed by atoms with Crippen LogP contribution in [0.25, 0.3) is 0 Å². The van der Waals surface area contributed by atoms with Crippen molar-refractivity contribution in [2.45, 2.75) is 70.0 Å². The van der Waals surface area contributed by atoms with E-state index in [1.165, 1.54) is 50.2 Å². The maximum atomic E-state index is 4.49. The van der Waals surface area contributed by atoms with Gasteiger partial charge < -0.3 is 5.32 Å². The summed E-state index contributed by atoms with van der Waals surface area (Å²) >= 11 is 1.80. The van der Waals surface area contributed by atoms with Crippen LogP contribution in [-0.2, 0) is 0 Å². The van der Waals surface area contributed by atoms with Gasteiger partial charge in [0.15, 0.2) is 0 Å². The first-order valence-electron chi connectivity index (χ1n) is 8.16. The number of hydrogen-bond donors (Lipinski definition) is 1. The summed E-state index contributed by atoms with van der Waals surface area (Å²) in [6.07, 6.45) is 8.68. The van der Waals surface area contributed by atoms with Crippen LogP contribution in [0.15, 0.2) is 11.6 Å². The molecule has 3 unspecified atom stereocenters. The van der Waals surface area contributed by atoms with Gasteiger partial charge in [-0.1, -0.05) is 13.8 Å². The van der Waals surface area contributed by atoms with Gasteiger partial charge in [-0.25, -0.2) is 4.98 Å². The Labute approximate surface area is 126 Å². The van der Waals surface area contributed by atoms with E-state index in [0.717, 1.165) is 18.1 Å². The van der Waals surface area contributed by atoms with E-state index >= 15 is 0 Å². The zero-order valence-corrected chi connectivity index (χ0v) is 13.5. The second-order valence-electron chi connectivity index (χ2n) is 6.48. The molecule has 3 atom stereocenters. The van der Waals surface area contributed by atoms with Crippen LogP contribution in [-0.4, -0.2) is 41.1 Å². The van der Waals surface area contributed by atoms with Gasteiger partial charge >= 0.3 is 0 Å². The first-order chi connectivity index (χ1) is 9.78. The van der Waals surface area contributed by atoms with Crippen LogP contribution >= 0.6 is 11.3 Å². The standard InChI is InChI=1S/C16H27N3S/c1-3-6-17-13-9-14-4-5-15(10-13)19(14)11-12(2)16-18-7-8-20-16/h7-8,12-15,17H,3-6,9-11H2,1-2H3. The average molecular weight is 293 g/mol.